The van der Waals surface area contributed by atoms with Gasteiger partial charge in [0.15, 0.2) is 17.5 Å². The molecule has 0 spiro atoms. The summed E-state index contributed by atoms with van der Waals surface area (Å²) in [4.78, 5) is 16.2. The number of thiophene rings is 1. The molecule has 75 heavy (non-hydrogen) atoms. The summed E-state index contributed by atoms with van der Waals surface area (Å²) in [6, 6.07) is 93.5. The van der Waals surface area contributed by atoms with Crippen molar-refractivity contribution in [1.82, 2.24) is 24.1 Å². The van der Waals surface area contributed by atoms with Gasteiger partial charge in [0.25, 0.3) is 0 Å². The molecule has 350 valence electrons. The van der Waals surface area contributed by atoms with Crippen LogP contribution in [0.25, 0.3) is 143 Å². The van der Waals surface area contributed by atoms with Crippen molar-refractivity contribution in [2.24, 2.45) is 0 Å². The summed E-state index contributed by atoms with van der Waals surface area (Å²) >= 11 is 1.81. The standard InChI is InChI=1S/C69H43N5S/c1-4-19-44(20-5-1)46-23-16-24-48(41-46)67-70-68(49-38-40-64-57(42-49)51-27-12-15-36-63(51)75-64)72-69(71-67)56-29-11-14-33-59(56)74-61-35-18-31-53(66(61)55-39-37-47(43-62(55)74)45-21-6-2-7-22-45)52-30-17-34-60-65(52)54-28-10-13-32-58(54)73(60)50-25-8-3-9-26-50/h1-43H. The van der Waals surface area contributed by atoms with E-state index in [2.05, 4.69) is 270 Å². The molecule has 4 aromatic heterocycles. The molecule has 0 aliphatic rings. The van der Waals surface area contributed by atoms with Gasteiger partial charge in [-0.1, -0.05) is 182 Å². The Morgan fingerprint density at radius 3 is 1.51 bits per heavy atom. The normalized spacial score (nSPS) is 11.7. The Labute approximate surface area is 436 Å². The number of nitrogens with zero attached hydrogens (tertiary/aromatic N) is 5. The summed E-state index contributed by atoms with van der Waals surface area (Å²) in [6.45, 7) is 0. The average molecular weight is 974 g/mol. The van der Waals surface area contributed by atoms with E-state index in [4.69, 9.17) is 15.0 Å². The molecule has 0 N–H and O–H groups in total. The van der Waals surface area contributed by atoms with Gasteiger partial charge < -0.3 is 9.13 Å². The molecule has 0 bridgehead atoms. The first-order chi connectivity index (χ1) is 37.2. The molecule has 15 aromatic rings. The third-order valence-corrected chi connectivity index (χ3v) is 15.9. The highest BCUT2D eigenvalue weighted by molar-refractivity contribution is 7.25. The van der Waals surface area contributed by atoms with Crippen LogP contribution in [0.3, 0.4) is 0 Å². The molecule has 0 aliphatic heterocycles. The topological polar surface area (TPSA) is 48.5 Å². The van der Waals surface area contributed by atoms with Crippen LogP contribution in [0.2, 0.25) is 0 Å². The highest BCUT2D eigenvalue weighted by Gasteiger charge is 2.24. The van der Waals surface area contributed by atoms with Crippen molar-refractivity contribution < 1.29 is 0 Å². The maximum Gasteiger partial charge on any atom is 0.166 e. The van der Waals surface area contributed by atoms with E-state index < -0.39 is 0 Å². The Morgan fingerprint density at radius 1 is 0.267 bits per heavy atom. The van der Waals surface area contributed by atoms with Gasteiger partial charge >= 0.3 is 0 Å². The lowest BCUT2D eigenvalue weighted by Gasteiger charge is -2.15. The van der Waals surface area contributed by atoms with Gasteiger partial charge in [0.05, 0.1) is 27.8 Å². The minimum Gasteiger partial charge on any atom is -0.309 e. The van der Waals surface area contributed by atoms with E-state index >= 15 is 0 Å². The first kappa shape index (κ1) is 42.9. The number of benzene rings is 11. The van der Waals surface area contributed by atoms with Crippen molar-refractivity contribution in [2.45, 2.75) is 0 Å². The van der Waals surface area contributed by atoms with Gasteiger partial charge in [0, 0.05) is 64.1 Å². The van der Waals surface area contributed by atoms with Crippen LogP contribution in [-0.4, -0.2) is 24.1 Å². The van der Waals surface area contributed by atoms with Crippen LogP contribution in [0.4, 0.5) is 0 Å². The van der Waals surface area contributed by atoms with Crippen molar-refractivity contribution in [2.75, 3.05) is 0 Å². The molecule has 0 saturated carbocycles. The van der Waals surface area contributed by atoms with E-state index in [1.54, 1.807) is 0 Å². The maximum atomic E-state index is 5.47. The molecule has 0 aliphatic carbocycles. The number of rotatable bonds is 8. The summed E-state index contributed by atoms with van der Waals surface area (Å²) in [6.07, 6.45) is 0. The van der Waals surface area contributed by atoms with E-state index in [1.807, 2.05) is 11.3 Å². The second-order valence-electron chi connectivity index (χ2n) is 19.1. The highest BCUT2D eigenvalue weighted by atomic mass is 32.1. The number of hydrogen-bond donors (Lipinski definition) is 0. The Morgan fingerprint density at radius 2 is 0.760 bits per heavy atom. The molecule has 11 aromatic carbocycles. The summed E-state index contributed by atoms with van der Waals surface area (Å²) in [5.74, 6) is 1.82. The van der Waals surface area contributed by atoms with E-state index in [9.17, 15) is 0 Å². The Hall–Kier alpha value is -9.75. The number of fused-ring (bicyclic) bond motifs is 9. The van der Waals surface area contributed by atoms with Crippen LogP contribution in [-0.2, 0) is 0 Å². The first-order valence-corrected chi connectivity index (χ1v) is 26.2. The monoisotopic (exact) mass is 973 g/mol. The Bertz CT molecular complexity index is 4700. The molecule has 0 atom stereocenters. The van der Waals surface area contributed by atoms with E-state index in [1.165, 1.54) is 58.5 Å². The summed E-state index contributed by atoms with van der Waals surface area (Å²) in [5.41, 5.74) is 16.2. The molecule has 5 nitrogen and oxygen atoms in total. The van der Waals surface area contributed by atoms with Gasteiger partial charge in [0.2, 0.25) is 0 Å². The van der Waals surface area contributed by atoms with Crippen LogP contribution < -0.4 is 0 Å². The molecule has 0 amide bonds. The lowest BCUT2D eigenvalue weighted by Crippen LogP contribution is -2.03. The first-order valence-electron chi connectivity index (χ1n) is 25.3. The zero-order chi connectivity index (χ0) is 49.4. The molecule has 6 heteroatoms. The van der Waals surface area contributed by atoms with Crippen LogP contribution in [0.15, 0.2) is 261 Å². The SMILES string of the molecule is c1ccc(-c2cccc(-c3nc(-c4ccc5sc6ccccc6c5c4)nc(-c4ccccc4-n4c5cc(-c6ccccc6)ccc5c5c(-c6cccc7c6c6ccccc6n7-c6ccccc6)cccc54)n3)c2)cc1. The molecule has 0 fully saturated rings. The van der Waals surface area contributed by atoms with Gasteiger partial charge in [-0.3, -0.25) is 0 Å². The lowest BCUT2D eigenvalue weighted by molar-refractivity contribution is 1.06. The predicted octanol–water partition coefficient (Wildman–Crippen LogP) is 18.4. The fourth-order valence-corrected chi connectivity index (χ4v) is 12.5. The molecule has 4 heterocycles. The number of hydrogen-bond acceptors (Lipinski definition) is 4. The molecule has 0 unspecified atom stereocenters. The van der Waals surface area contributed by atoms with Crippen molar-refractivity contribution in [3.8, 4) is 78.9 Å². The third-order valence-electron chi connectivity index (χ3n) is 14.8. The third kappa shape index (κ3) is 7.10. The van der Waals surface area contributed by atoms with Crippen LogP contribution in [0.5, 0.6) is 0 Å². The minimum absolute atomic E-state index is 0.592. The highest BCUT2D eigenvalue weighted by Crippen LogP contribution is 2.46. The minimum atomic E-state index is 0.592. The lowest BCUT2D eigenvalue weighted by atomic mass is 9.95. The van der Waals surface area contributed by atoms with Crippen molar-refractivity contribution in [3.63, 3.8) is 0 Å². The molecule has 0 radical (unpaired) electrons. The van der Waals surface area contributed by atoms with Gasteiger partial charge in [-0.15, -0.1) is 11.3 Å². The average Bonchev–Trinajstić information content (AvgIpc) is 4.16. The van der Waals surface area contributed by atoms with Gasteiger partial charge in [0.1, 0.15) is 0 Å². The van der Waals surface area contributed by atoms with Crippen molar-refractivity contribution in [1.29, 1.82) is 0 Å². The summed E-state index contributed by atoms with van der Waals surface area (Å²) in [5, 5.41) is 7.20. The van der Waals surface area contributed by atoms with Crippen molar-refractivity contribution in [3.05, 3.63) is 261 Å². The predicted molar refractivity (Wildman–Crippen MR) is 314 cm³/mol. The van der Waals surface area contributed by atoms with Crippen LogP contribution in [0, 0.1) is 0 Å². The Kier molecular flexibility index (Phi) is 10.00. The second-order valence-corrected chi connectivity index (χ2v) is 20.2. The quantitative estimate of drug-likeness (QED) is 0.152. The van der Waals surface area contributed by atoms with E-state index in [0.717, 1.165) is 66.7 Å². The van der Waals surface area contributed by atoms with E-state index in [0.29, 0.717) is 17.5 Å². The second kappa shape index (κ2) is 17.5. The van der Waals surface area contributed by atoms with Crippen molar-refractivity contribution >= 4 is 75.1 Å². The molecular formula is C69H43N5S. The van der Waals surface area contributed by atoms with Crippen LogP contribution in [0.1, 0.15) is 0 Å². The fraction of sp³-hybridized carbons (Fsp3) is 0. The van der Waals surface area contributed by atoms with Gasteiger partial charge in [-0.05, 0) is 112 Å². The fourth-order valence-electron chi connectivity index (χ4n) is 11.4. The number of para-hydroxylation sites is 3. The number of aromatic nitrogens is 5. The summed E-state index contributed by atoms with van der Waals surface area (Å²) < 4.78 is 7.32. The van der Waals surface area contributed by atoms with Gasteiger partial charge in [-0.25, -0.2) is 15.0 Å². The maximum absolute atomic E-state index is 5.47. The Balaban J connectivity index is 0.990. The molecule has 15 rings (SSSR count). The zero-order valence-corrected chi connectivity index (χ0v) is 41.3. The van der Waals surface area contributed by atoms with Gasteiger partial charge in [-0.2, -0.15) is 0 Å². The zero-order valence-electron chi connectivity index (χ0n) is 40.5. The largest absolute Gasteiger partial charge is 0.309 e. The van der Waals surface area contributed by atoms with Crippen LogP contribution >= 0.6 is 11.3 Å². The van der Waals surface area contributed by atoms with E-state index in [-0.39, 0.29) is 0 Å². The molecular weight excluding hydrogens is 931 g/mol. The molecule has 0 saturated heterocycles. The smallest absolute Gasteiger partial charge is 0.166 e. The summed E-state index contributed by atoms with van der Waals surface area (Å²) in [7, 11) is 0.